The van der Waals surface area contributed by atoms with Gasteiger partial charge in [-0.3, -0.25) is 9.59 Å². The van der Waals surface area contributed by atoms with Crippen molar-refractivity contribution in [3.63, 3.8) is 0 Å². The highest BCUT2D eigenvalue weighted by Gasteiger charge is 2.17. The Hall–Kier alpha value is -2.65. The molecule has 3 rings (SSSR count). The topological polar surface area (TPSA) is 130 Å². The van der Waals surface area contributed by atoms with Gasteiger partial charge in [-0.05, 0) is 55.9 Å². The van der Waals surface area contributed by atoms with Gasteiger partial charge in [0.05, 0.1) is 5.69 Å². The molecule has 2 aromatic rings. The predicted octanol–water partition coefficient (Wildman–Crippen LogP) is 2.08. The van der Waals surface area contributed by atoms with Gasteiger partial charge in [-0.1, -0.05) is 6.07 Å². The van der Waals surface area contributed by atoms with Crippen molar-refractivity contribution in [3.8, 4) is 11.3 Å². The van der Waals surface area contributed by atoms with Crippen LogP contribution >= 0.6 is 11.8 Å². The second-order valence-corrected chi connectivity index (χ2v) is 8.63. The number of carbonyl (C=O) groups excluding carboxylic acids is 2. The highest BCUT2D eigenvalue weighted by atomic mass is 32.2. The summed E-state index contributed by atoms with van der Waals surface area (Å²) in [6.07, 6.45) is 3.23. The molecule has 1 aromatic carbocycles. The van der Waals surface area contributed by atoms with Gasteiger partial charge in [0.15, 0.2) is 0 Å². The van der Waals surface area contributed by atoms with Gasteiger partial charge in [0.1, 0.15) is 5.03 Å². The molecule has 8 nitrogen and oxygen atoms in total. The van der Waals surface area contributed by atoms with E-state index in [1.54, 1.807) is 0 Å². The normalized spacial score (nSPS) is 15.7. The lowest BCUT2D eigenvalue weighted by Gasteiger charge is -2.15. The molecule has 0 saturated heterocycles. The van der Waals surface area contributed by atoms with Crippen molar-refractivity contribution in [2.24, 2.45) is 0 Å². The van der Waals surface area contributed by atoms with Crippen LogP contribution in [0.3, 0.4) is 0 Å². The highest BCUT2D eigenvalue weighted by molar-refractivity contribution is 7.99. The maximum Gasteiger partial charge on any atom is 0.251 e. The molecule has 5 N–H and O–H groups in total. The number of hydrogen-bond acceptors (Lipinski definition) is 7. The zero-order valence-corrected chi connectivity index (χ0v) is 18.6. The Morgan fingerprint density at radius 1 is 1.10 bits per heavy atom. The van der Waals surface area contributed by atoms with Crippen molar-refractivity contribution >= 4 is 29.5 Å². The third-order valence-electron chi connectivity index (χ3n) is 5.09. The van der Waals surface area contributed by atoms with Crippen LogP contribution in [0.5, 0.6) is 0 Å². The van der Waals surface area contributed by atoms with Crippen LogP contribution in [-0.4, -0.2) is 52.3 Å². The van der Waals surface area contributed by atoms with E-state index in [1.165, 1.54) is 11.8 Å². The van der Waals surface area contributed by atoms with E-state index in [1.807, 2.05) is 25.1 Å². The average molecular weight is 444 g/mol. The van der Waals surface area contributed by atoms with Gasteiger partial charge in [-0.25, -0.2) is 9.97 Å². The van der Waals surface area contributed by atoms with Crippen molar-refractivity contribution in [2.45, 2.75) is 44.1 Å². The summed E-state index contributed by atoms with van der Waals surface area (Å²) in [4.78, 5) is 33.5. The summed E-state index contributed by atoms with van der Waals surface area (Å²) in [7, 11) is 0. The SMILES string of the molecule is Cc1cc(CCCO)c2cc1C(=O)NCCCCNC(=O)CCSc1cc-2nc(N)n1. The molecule has 0 atom stereocenters. The number of aliphatic hydroxyl groups is 1. The number of benzene rings is 1. The Balaban J connectivity index is 2.04. The van der Waals surface area contributed by atoms with E-state index in [2.05, 4.69) is 20.6 Å². The van der Waals surface area contributed by atoms with E-state index in [0.717, 1.165) is 29.5 Å². The molecule has 0 radical (unpaired) electrons. The second kappa shape index (κ2) is 11.1. The Morgan fingerprint density at radius 2 is 1.87 bits per heavy atom. The standard InChI is InChI=1S/C22H29N5O3S/c1-14-11-15(5-4-9-28)17-12-16(14)21(30)25-8-3-2-7-24-19(29)6-10-31-20-13-18(17)26-22(23)27-20/h11-13,28H,2-10H2,1H3,(H,24,29)(H,25,30)(H2,23,26,27). The lowest BCUT2D eigenvalue weighted by Crippen LogP contribution is -2.28. The number of nitrogens with two attached hydrogens (primary N) is 1. The van der Waals surface area contributed by atoms with Crippen LogP contribution in [0.25, 0.3) is 11.3 Å². The Kier molecular flexibility index (Phi) is 8.25. The molecule has 2 amide bonds. The third-order valence-corrected chi connectivity index (χ3v) is 6.00. The van der Waals surface area contributed by atoms with Crippen LogP contribution in [0, 0.1) is 6.92 Å². The van der Waals surface area contributed by atoms with Crippen LogP contribution in [0.4, 0.5) is 5.95 Å². The smallest absolute Gasteiger partial charge is 0.251 e. The molecular formula is C22H29N5O3S. The summed E-state index contributed by atoms with van der Waals surface area (Å²) >= 11 is 1.45. The summed E-state index contributed by atoms with van der Waals surface area (Å²) < 4.78 is 0. The maximum atomic E-state index is 12.8. The molecule has 2 heterocycles. The number of thioether (sulfide) groups is 1. The molecule has 4 bridgehead atoms. The van der Waals surface area contributed by atoms with Crippen LogP contribution in [-0.2, 0) is 11.2 Å². The van der Waals surface area contributed by atoms with Gasteiger partial charge in [0, 0.05) is 43.0 Å². The van der Waals surface area contributed by atoms with Gasteiger partial charge in [0.25, 0.3) is 5.91 Å². The molecule has 0 saturated carbocycles. The number of anilines is 1. The van der Waals surface area contributed by atoms with Crippen LogP contribution in [0.15, 0.2) is 23.2 Å². The zero-order chi connectivity index (χ0) is 22.2. The molecule has 1 aromatic heterocycles. The number of aromatic nitrogens is 2. The maximum absolute atomic E-state index is 12.8. The van der Waals surface area contributed by atoms with E-state index in [-0.39, 0.29) is 24.4 Å². The number of aryl methyl sites for hydroxylation is 2. The van der Waals surface area contributed by atoms with Crippen LogP contribution in [0.1, 0.15) is 47.2 Å². The van der Waals surface area contributed by atoms with Gasteiger partial charge in [0.2, 0.25) is 11.9 Å². The number of rotatable bonds is 3. The first-order chi connectivity index (χ1) is 15.0. The summed E-state index contributed by atoms with van der Waals surface area (Å²) in [6, 6.07) is 5.68. The van der Waals surface area contributed by atoms with E-state index in [9.17, 15) is 14.7 Å². The fourth-order valence-electron chi connectivity index (χ4n) is 3.49. The molecule has 1 aliphatic rings. The monoisotopic (exact) mass is 443 g/mol. The van der Waals surface area contributed by atoms with Crippen molar-refractivity contribution in [3.05, 3.63) is 34.9 Å². The quantitative estimate of drug-likeness (QED) is 0.534. The van der Waals surface area contributed by atoms with Crippen molar-refractivity contribution in [1.82, 2.24) is 20.6 Å². The summed E-state index contributed by atoms with van der Waals surface area (Å²) in [5.74, 6) is 0.578. The summed E-state index contributed by atoms with van der Waals surface area (Å²) in [6.45, 7) is 3.12. The number of aliphatic hydroxyl groups excluding tert-OH is 1. The number of nitrogens with one attached hydrogen (secondary N) is 2. The number of amides is 2. The van der Waals surface area contributed by atoms with E-state index in [4.69, 9.17) is 5.73 Å². The van der Waals surface area contributed by atoms with E-state index < -0.39 is 0 Å². The number of fused-ring (bicyclic) bond motifs is 5. The summed E-state index contributed by atoms with van der Waals surface area (Å²) in [5, 5.41) is 15.9. The second-order valence-electron chi connectivity index (χ2n) is 7.51. The number of nitrogens with zero attached hydrogens (tertiary/aromatic N) is 2. The van der Waals surface area contributed by atoms with Gasteiger partial charge >= 0.3 is 0 Å². The van der Waals surface area contributed by atoms with Gasteiger partial charge < -0.3 is 21.5 Å². The Morgan fingerprint density at radius 3 is 2.65 bits per heavy atom. The fourth-order valence-corrected chi connectivity index (χ4v) is 4.34. The predicted molar refractivity (Wildman–Crippen MR) is 122 cm³/mol. The minimum absolute atomic E-state index is 0.00308. The highest BCUT2D eigenvalue weighted by Crippen LogP contribution is 2.30. The summed E-state index contributed by atoms with van der Waals surface area (Å²) in [5.41, 5.74) is 9.87. The first-order valence-electron chi connectivity index (χ1n) is 10.5. The molecule has 9 heteroatoms. The molecule has 0 unspecified atom stereocenters. The zero-order valence-electron chi connectivity index (χ0n) is 17.7. The van der Waals surface area contributed by atoms with Crippen LogP contribution in [0.2, 0.25) is 0 Å². The van der Waals surface area contributed by atoms with Crippen molar-refractivity contribution in [1.29, 1.82) is 0 Å². The minimum Gasteiger partial charge on any atom is -0.396 e. The molecular weight excluding hydrogens is 414 g/mol. The molecule has 0 aliphatic carbocycles. The van der Waals surface area contributed by atoms with Crippen molar-refractivity contribution < 1.29 is 14.7 Å². The Labute approximate surface area is 186 Å². The lowest BCUT2D eigenvalue weighted by molar-refractivity contribution is -0.120. The largest absolute Gasteiger partial charge is 0.396 e. The molecule has 1 aliphatic heterocycles. The number of hydrogen-bond donors (Lipinski definition) is 4. The van der Waals surface area contributed by atoms with Crippen LogP contribution < -0.4 is 16.4 Å². The van der Waals surface area contributed by atoms with Crippen molar-refractivity contribution in [2.75, 3.05) is 31.2 Å². The average Bonchev–Trinajstić information content (AvgIpc) is 2.73. The first kappa shape index (κ1) is 23.0. The molecule has 166 valence electrons. The molecule has 0 fully saturated rings. The number of nitrogen functional groups attached to an aromatic ring is 1. The van der Waals surface area contributed by atoms with E-state index >= 15 is 0 Å². The van der Waals surface area contributed by atoms with E-state index in [0.29, 0.717) is 54.4 Å². The molecule has 0 spiro atoms. The minimum atomic E-state index is -0.141. The number of carbonyl (C=O) groups is 2. The van der Waals surface area contributed by atoms with Gasteiger partial charge in [-0.15, -0.1) is 11.8 Å². The lowest BCUT2D eigenvalue weighted by atomic mass is 9.94. The third kappa shape index (κ3) is 6.41. The first-order valence-corrected chi connectivity index (χ1v) is 11.5. The molecule has 31 heavy (non-hydrogen) atoms. The fraction of sp³-hybridized carbons (Fsp3) is 0.455. The Bertz CT molecular complexity index is 951. The van der Waals surface area contributed by atoms with Gasteiger partial charge in [-0.2, -0.15) is 0 Å².